The minimum atomic E-state index is -0.160. The van der Waals surface area contributed by atoms with Gasteiger partial charge >= 0.3 is 0 Å². The highest BCUT2D eigenvalue weighted by Crippen LogP contribution is 2.45. The largest absolute Gasteiger partial charge is 0.310 e. The van der Waals surface area contributed by atoms with Gasteiger partial charge in [-0.05, 0) is 108 Å². The predicted molar refractivity (Wildman–Crippen MR) is 178 cm³/mol. The van der Waals surface area contributed by atoms with Crippen molar-refractivity contribution in [3.63, 3.8) is 0 Å². The fourth-order valence-corrected chi connectivity index (χ4v) is 6.31. The number of ketones is 1. The van der Waals surface area contributed by atoms with E-state index >= 15 is 0 Å². The molecule has 0 amide bonds. The van der Waals surface area contributed by atoms with E-state index < -0.39 is 0 Å². The molecule has 0 aliphatic heterocycles. The van der Waals surface area contributed by atoms with Crippen molar-refractivity contribution in [1.29, 1.82) is 0 Å². The summed E-state index contributed by atoms with van der Waals surface area (Å²) in [5.74, 6) is -0.160. The molecule has 0 N–H and O–H groups in total. The van der Waals surface area contributed by atoms with Crippen LogP contribution in [0.3, 0.4) is 0 Å². The molecule has 208 valence electrons. The van der Waals surface area contributed by atoms with Gasteiger partial charge in [0.25, 0.3) is 0 Å². The molecule has 5 aromatic carbocycles. The summed E-state index contributed by atoms with van der Waals surface area (Å²) in [7, 11) is 0. The summed E-state index contributed by atoms with van der Waals surface area (Å²) >= 11 is 0. The van der Waals surface area contributed by atoms with E-state index in [9.17, 15) is 9.59 Å². The molecule has 0 radical (unpaired) electrons. The number of hydrogen-bond acceptors (Lipinski definition) is 3. The molecular formula is C40H31NO2. The molecule has 0 unspecified atom stereocenters. The van der Waals surface area contributed by atoms with Gasteiger partial charge in [-0.3, -0.25) is 9.59 Å². The van der Waals surface area contributed by atoms with Crippen LogP contribution in [-0.2, 0) is 6.42 Å². The second-order valence-electron chi connectivity index (χ2n) is 11.5. The molecule has 0 heterocycles. The van der Waals surface area contributed by atoms with E-state index in [4.69, 9.17) is 0 Å². The normalized spacial score (nSPS) is 13.5. The van der Waals surface area contributed by atoms with Crippen molar-refractivity contribution in [2.24, 2.45) is 0 Å². The van der Waals surface area contributed by atoms with Crippen LogP contribution in [0.1, 0.15) is 55.0 Å². The Kier molecular flexibility index (Phi) is 6.71. The Bertz CT molecular complexity index is 1960. The molecule has 3 nitrogen and oxygen atoms in total. The van der Waals surface area contributed by atoms with Crippen LogP contribution in [0.15, 0.2) is 121 Å². The average Bonchev–Trinajstić information content (AvgIpc) is 3.04. The highest BCUT2D eigenvalue weighted by atomic mass is 16.1. The summed E-state index contributed by atoms with van der Waals surface area (Å²) in [5, 5.41) is 2.55. The maximum absolute atomic E-state index is 12.9. The lowest BCUT2D eigenvalue weighted by atomic mass is 9.79. The summed E-state index contributed by atoms with van der Waals surface area (Å²) in [5.41, 5.74) is 12.9. The zero-order valence-corrected chi connectivity index (χ0v) is 24.3. The zero-order valence-electron chi connectivity index (χ0n) is 24.3. The summed E-state index contributed by atoms with van der Waals surface area (Å²) in [4.78, 5) is 26.6. The van der Waals surface area contributed by atoms with Crippen molar-refractivity contribution in [2.45, 2.75) is 26.7 Å². The third-order valence-corrected chi connectivity index (χ3v) is 8.49. The molecule has 0 atom stereocenters. The highest BCUT2D eigenvalue weighted by molar-refractivity contribution is 6.10. The smallest absolute Gasteiger partial charge is 0.186 e. The van der Waals surface area contributed by atoms with Crippen LogP contribution in [0.5, 0.6) is 0 Å². The number of hydrogen-bond donors (Lipinski definition) is 0. The number of anilines is 3. The SMILES string of the molecule is Cc1ccc(N(c2ccc(C)cc2)c2cc3c4c5c(ccc4c2)C=C(C=CC(=O)c2ccccc2C=O)CC5=CC3)cc1. The quantitative estimate of drug-likeness (QED) is 0.114. The van der Waals surface area contributed by atoms with Gasteiger partial charge < -0.3 is 4.90 Å². The standard InChI is InChI=1S/C40H31NO2/c1-26-7-16-34(17-8-26)41(35-18-9-27(2)10-19-35)36-23-31-14-12-29-21-28(22-30-13-15-32(24-36)40(31)39(29)30)11-20-38(43)37-6-4-3-5-33(37)25-42/h3-14,16-21,23-25H,15,22H2,1-2H3. The van der Waals surface area contributed by atoms with Crippen LogP contribution in [0.25, 0.3) is 22.4 Å². The van der Waals surface area contributed by atoms with Crippen molar-refractivity contribution in [1.82, 2.24) is 0 Å². The van der Waals surface area contributed by atoms with Crippen LogP contribution >= 0.6 is 0 Å². The molecule has 0 saturated heterocycles. The van der Waals surface area contributed by atoms with Crippen LogP contribution in [0.4, 0.5) is 17.1 Å². The van der Waals surface area contributed by atoms with Crippen molar-refractivity contribution < 1.29 is 9.59 Å². The summed E-state index contributed by atoms with van der Waals surface area (Å²) in [6.45, 7) is 4.24. The van der Waals surface area contributed by atoms with E-state index in [2.05, 4.69) is 104 Å². The van der Waals surface area contributed by atoms with Crippen LogP contribution in [-0.4, -0.2) is 12.1 Å². The summed E-state index contributed by atoms with van der Waals surface area (Å²) < 4.78 is 0. The van der Waals surface area contributed by atoms with E-state index in [-0.39, 0.29) is 5.78 Å². The van der Waals surface area contributed by atoms with Gasteiger partial charge in [-0.2, -0.15) is 0 Å². The first-order chi connectivity index (χ1) is 21.0. The lowest BCUT2D eigenvalue weighted by molar-refractivity contribution is 0.103. The number of nitrogens with zero attached hydrogens (tertiary/aromatic N) is 1. The van der Waals surface area contributed by atoms with Crippen molar-refractivity contribution in [2.75, 3.05) is 4.90 Å². The van der Waals surface area contributed by atoms with Crippen molar-refractivity contribution in [3.8, 4) is 0 Å². The number of aryl methyl sites for hydroxylation is 2. The van der Waals surface area contributed by atoms with Crippen molar-refractivity contribution in [3.05, 3.63) is 160 Å². The third-order valence-electron chi connectivity index (χ3n) is 8.49. The third kappa shape index (κ3) is 4.93. The first-order valence-electron chi connectivity index (χ1n) is 14.7. The molecule has 0 aromatic heterocycles. The maximum Gasteiger partial charge on any atom is 0.186 e. The van der Waals surface area contributed by atoms with Gasteiger partial charge in [0.1, 0.15) is 0 Å². The summed E-state index contributed by atoms with van der Waals surface area (Å²) in [6.07, 6.45) is 10.4. The average molecular weight is 558 g/mol. The molecule has 0 saturated carbocycles. The number of carbonyl (C=O) groups excluding carboxylic acids is 2. The van der Waals surface area contributed by atoms with Gasteiger partial charge in [-0.25, -0.2) is 0 Å². The van der Waals surface area contributed by atoms with Gasteiger partial charge in [0.15, 0.2) is 12.1 Å². The van der Waals surface area contributed by atoms with E-state index in [0.717, 1.165) is 41.8 Å². The molecule has 3 heteroatoms. The topological polar surface area (TPSA) is 37.4 Å². The molecule has 7 rings (SSSR count). The van der Waals surface area contributed by atoms with Gasteiger partial charge in [0.2, 0.25) is 0 Å². The number of allylic oxidation sites excluding steroid dienone is 5. The van der Waals surface area contributed by atoms with E-state index in [1.165, 1.54) is 44.2 Å². The molecular weight excluding hydrogens is 526 g/mol. The molecule has 0 bridgehead atoms. The number of rotatable bonds is 7. The first kappa shape index (κ1) is 26.6. The molecule has 2 aliphatic rings. The monoisotopic (exact) mass is 557 g/mol. The fraction of sp³-hybridized carbons (Fsp3) is 0.100. The van der Waals surface area contributed by atoms with Crippen LogP contribution < -0.4 is 4.90 Å². The maximum atomic E-state index is 12.9. The van der Waals surface area contributed by atoms with E-state index in [0.29, 0.717) is 11.1 Å². The lowest BCUT2D eigenvalue weighted by Crippen LogP contribution is -2.12. The second-order valence-corrected chi connectivity index (χ2v) is 11.5. The molecule has 0 spiro atoms. The van der Waals surface area contributed by atoms with Crippen LogP contribution in [0, 0.1) is 13.8 Å². The Hall–Kier alpha value is -5.28. The van der Waals surface area contributed by atoms with Crippen molar-refractivity contribution >= 4 is 51.6 Å². The van der Waals surface area contributed by atoms with Gasteiger partial charge in [-0.15, -0.1) is 0 Å². The molecule has 0 fully saturated rings. The minimum Gasteiger partial charge on any atom is -0.310 e. The lowest BCUT2D eigenvalue weighted by Gasteiger charge is -2.29. The van der Waals surface area contributed by atoms with Gasteiger partial charge in [0.05, 0.1) is 0 Å². The van der Waals surface area contributed by atoms with E-state index in [1.54, 1.807) is 30.3 Å². The predicted octanol–water partition coefficient (Wildman–Crippen LogP) is 9.90. The Labute approximate surface area is 252 Å². The van der Waals surface area contributed by atoms with E-state index in [1.807, 2.05) is 6.08 Å². The number of carbonyl (C=O) groups is 2. The first-order valence-corrected chi connectivity index (χ1v) is 14.7. The number of benzene rings is 5. The molecule has 5 aromatic rings. The summed E-state index contributed by atoms with van der Waals surface area (Å²) in [6, 6.07) is 33.4. The van der Waals surface area contributed by atoms with Gasteiger partial charge in [-0.1, -0.05) is 90.0 Å². The van der Waals surface area contributed by atoms with Gasteiger partial charge in [0, 0.05) is 28.2 Å². The minimum absolute atomic E-state index is 0.160. The van der Waals surface area contributed by atoms with Crippen LogP contribution in [0.2, 0.25) is 0 Å². The Morgan fingerprint density at radius 2 is 1.49 bits per heavy atom. The Morgan fingerprint density at radius 3 is 2.19 bits per heavy atom. The second kappa shape index (κ2) is 10.8. The molecule has 2 aliphatic carbocycles. The zero-order chi connectivity index (χ0) is 29.5. The molecule has 43 heavy (non-hydrogen) atoms. The Balaban J connectivity index is 1.28. The Morgan fingerprint density at radius 1 is 0.791 bits per heavy atom. The fourth-order valence-electron chi connectivity index (χ4n) is 6.31. The highest BCUT2D eigenvalue weighted by Gasteiger charge is 2.24. The number of aldehydes is 1.